The smallest absolute Gasteiger partial charge is 0.456 e. The summed E-state index contributed by atoms with van der Waals surface area (Å²) >= 11 is 0. The van der Waals surface area contributed by atoms with Crippen molar-refractivity contribution < 1.29 is 27.4 Å². The van der Waals surface area contributed by atoms with Crippen LogP contribution in [0, 0.1) is 0 Å². The number of H-pyrrole nitrogens is 1. The van der Waals surface area contributed by atoms with Crippen LogP contribution < -0.4 is 10.1 Å². The number of aromatic amines is 1. The van der Waals surface area contributed by atoms with E-state index in [0.717, 1.165) is 55.7 Å². The molecule has 7 rings (SSSR count). The second-order valence-corrected chi connectivity index (χ2v) is 9.69. The molecule has 0 saturated carbocycles. The van der Waals surface area contributed by atoms with Gasteiger partial charge in [-0.25, -0.2) is 4.79 Å². The van der Waals surface area contributed by atoms with Crippen LogP contribution in [-0.4, -0.2) is 29.1 Å². The van der Waals surface area contributed by atoms with E-state index in [2.05, 4.69) is 26.3 Å². The molecule has 4 aromatic carbocycles. The van der Waals surface area contributed by atoms with Gasteiger partial charge in [0, 0.05) is 17.0 Å². The number of halogens is 3. The van der Waals surface area contributed by atoms with E-state index in [1.54, 1.807) is 18.3 Å². The summed E-state index contributed by atoms with van der Waals surface area (Å²) in [6.07, 6.45) is -2.96. The van der Waals surface area contributed by atoms with E-state index in [0.29, 0.717) is 5.57 Å². The second-order valence-electron chi connectivity index (χ2n) is 9.69. The van der Waals surface area contributed by atoms with Gasteiger partial charge in [0.15, 0.2) is 0 Å². The molecule has 0 saturated heterocycles. The number of fused-ring (bicyclic) bond motifs is 2. The molecule has 2 N–H and O–H groups in total. The molecule has 3 heterocycles. The lowest BCUT2D eigenvalue weighted by Gasteiger charge is -2.27. The van der Waals surface area contributed by atoms with Crippen LogP contribution in [0.3, 0.4) is 0 Å². The highest BCUT2D eigenvalue weighted by molar-refractivity contribution is 5.98. The van der Waals surface area contributed by atoms with Gasteiger partial charge in [-0.05, 0) is 57.6 Å². The first-order valence-electron chi connectivity index (χ1n) is 12.5. The molecular weight excluding hydrogens is 519 g/mol. The van der Waals surface area contributed by atoms with E-state index in [1.807, 2.05) is 54.6 Å². The summed E-state index contributed by atoms with van der Waals surface area (Å²) in [6, 6.07) is 25.7. The molecule has 0 fully saturated rings. The van der Waals surface area contributed by atoms with Gasteiger partial charge >= 0.3 is 12.3 Å². The Bertz CT molecular complexity index is 1790. The average Bonchev–Trinajstić information content (AvgIpc) is 3.56. The normalized spacial score (nSPS) is 16.4. The minimum atomic E-state index is -4.72. The molecule has 9 heteroatoms. The van der Waals surface area contributed by atoms with Gasteiger partial charge in [0.25, 0.3) is 0 Å². The van der Waals surface area contributed by atoms with Gasteiger partial charge in [0.1, 0.15) is 12.4 Å². The number of hydrogen-bond donors (Lipinski definition) is 2. The molecule has 2 aliphatic heterocycles. The number of esters is 1. The van der Waals surface area contributed by atoms with Gasteiger partial charge in [-0.2, -0.15) is 5.10 Å². The Morgan fingerprint density at radius 2 is 1.45 bits per heavy atom. The van der Waals surface area contributed by atoms with Crippen molar-refractivity contribution in [2.75, 3.05) is 11.9 Å². The van der Waals surface area contributed by atoms with Gasteiger partial charge in [-0.1, -0.05) is 60.7 Å². The zero-order valence-electron chi connectivity index (χ0n) is 20.8. The van der Waals surface area contributed by atoms with Crippen LogP contribution in [0.5, 0.6) is 5.75 Å². The highest BCUT2D eigenvalue weighted by atomic mass is 19.4. The van der Waals surface area contributed by atoms with Crippen molar-refractivity contribution in [2.24, 2.45) is 0 Å². The van der Waals surface area contributed by atoms with Crippen LogP contribution >= 0.6 is 0 Å². The number of ether oxygens (including phenoxy) is 2. The fourth-order valence-corrected chi connectivity index (χ4v) is 5.40. The second kappa shape index (κ2) is 9.01. The number of nitrogens with one attached hydrogen (secondary N) is 2. The lowest BCUT2D eigenvalue weighted by molar-refractivity contribution is -0.274. The number of carbonyl (C=O) groups is 1. The monoisotopic (exact) mass is 539 g/mol. The number of carbonyl (C=O) groups excluding carboxylic acids is 1. The van der Waals surface area contributed by atoms with E-state index >= 15 is 0 Å². The Labute approximate surface area is 226 Å². The van der Waals surface area contributed by atoms with Gasteiger partial charge < -0.3 is 14.8 Å². The number of anilines is 1. The largest absolute Gasteiger partial charge is 0.573 e. The van der Waals surface area contributed by atoms with Crippen molar-refractivity contribution in [3.05, 3.63) is 114 Å². The van der Waals surface area contributed by atoms with E-state index in [1.165, 1.54) is 12.1 Å². The molecular formula is C31H20F3N3O3. The van der Waals surface area contributed by atoms with Crippen LogP contribution in [0.15, 0.2) is 102 Å². The minimum absolute atomic E-state index is 0.216. The average molecular weight is 540 g/mol. The molecule has 1 atom stereocenters. The number of hydrogen-bond acceptors (Lipinski definition) is 5. The maximum atomic E-state index is 12.7. The first kappa shape index (κ1) is 24.0. The molecule has 0 spiro atoms. The van der Waals surface area contributed by atoms with Crippen molar-refractivity contribution in [3.63, 3.8) is 0 Å². The molecule has 40 heavy (non-hydrogen) atoms. The highest BCUT2D eigenvalue weighted by Crippen LogP contribution is 2.45. The molecule has 0 aliphatic carbocycles. The van der Waals surface area contributed by atoms with Crippen molar-refractivity contribution in [1.29, 1.82) is 0 Å². The first-order valence-corrected chi connectivity index (χ1v) is 12.5. The van der Waals surface area contributed by atoms with Crippen molar-refractivity contribution in [1.82, 2.24) is 10.2 Å². The van der Waals surface area contributed by atoms with Crippen LogP contribution in [0.1, 0.15) is 17.0 Å². The predicted molar refractivity (Wildman–Crippen MR) is 144 cm³/mol. The topological polar surface area (TPSA) is 76.2 Å². The third kappa shape index (κ3) is 4.25. The Balaban J connectivity index is 1.17. The minimum Gasteiger partial charge on any atom is -0.456 e. The lowest BCUT2D eigenvalue weighted by atomic mass is 9.80. The van der Waals surface area contributed by atoms with Crippen molar-refractivity contribution in [2.45, 2.75) is 12.3 Å². The molecule has 5 aromatic rings. The Hall–Kier alpha value is -5.05. The molecule has 1 unspecified atom stereocenters. The summed E-state index contributed by atoms with van der Waals surface area (Å²) in [5.41, 5.74) is 8.80. The zero-order valence-corrected chi connectivity index (χ0v) is 20.8. The summed E-state index contributed by atoms with van der Waals surface area (Å²) < 4.78 is 46.6. The highest BCUT2D eigenvalue weighted by Gasteiger charge is 2.38. The third-order valence-corrected chi connectivity index (χ3v) is 7.27. The van der Waals surface area contributed by atoms with E-state index in [4.69, 9.17) is 4.74 Å². The maximum Gasteiger partial charge on any atom is 0.573 e. The Morgan fingerprint density at radius 3 is 2.08 bits per heavy atom. The van der Waals surface area contributed by atoms with Crippen molar-refractivity contribution in [3.8, 4) is 28.0 Å². The number of cyclic esters (lactones) is 1. The Morgan fingerprint density at radius 1 is 0.850 bits per heavy atom. The molecule has 0 amide bonds. The van der Waals surface area contributed by atoms with Crippen LogP contribution in [0.25, 0.3) is 33.2 Å². The summed E-state index contributed by atoms with van der Waals surface area (Å²) in [4.78, 5) is 12.7. The SMILES string of the molecule is O=C1OCC2=C1C(c1ccc(-c3ccc(-c4ccc(OC(F)(F)F)cc4)cc3)cc1)c1cc3cn[nH]c3cc1N2. The van der Waals surface area contributed by atoms with E-state index in [-0.39, 0.29) is 24.2 Å². The molecule has 0 radical (unpaired) electrons. The Kier molecular flexibility index (Phi) is 5.41. The number of nitrogens with zero attached hydrogens (tertiary/aromatic N) is 1. The quantitative estimate of drug-likeness (QED) is 0.237. The van der Waals surface area contributed by atoms with E-state index < -0.39 is 6.36 Å². The molecule has 198 valence electrons. The van der Waals surface area contributed by atoms with Gasteiger partial charge in [-0.15, -0.1) is 13.2 Å². The van der Waals surface area contributed by atoms with Crippen LogP contribution in [-0.2, 0) is 9.53 Å². The maximum absolute atomic E-state index is 12.7. The first-order chi connectivity index (χ1) is 19.3. The van der Waals surface area contributed by atoms with Crippen molar-refractivity contribution >= 4 is 22.6 Å². The van der Waals surface area contributed by atoms with E-state index in [9.17, 15) is 18.0 Å². The summed E-state index contributed by atoms with van der Waals surface area (Å²) in [6.45, 7) is 0.216. The predicted octanol–water partition coefficient (Wildman–Crippen LogP) is 7.16. The fourth-order valence-electron chi connectivity index (χ4n) is 5.40. The summed E-state index contributed by atoms with van der Waals surface area (Å²) in [5, 5.41) is 11.5. The molecule has 2 aliphatic rings. The van der Waals surface area contributed by atoms with Crippen LogP contribution in [0.4, 0.5) is 18.9 Å². The third-order valence-electron chi connectivity index (χ3n) is 7.27. The van der Waals surface area contributed by atoms with Gasteiger partial charge in [-0.3, -0.25) is 5.10 Å². The number of rotatable bonds is 4. The van der Waals surface area contributed by atoms with Crippen LogP contribution in [0.2, 0.25) is 0 Å². The molecule has 0 bridgehead atoms. The number of alkyl halides is 3. The lowest BCUT2D eigenvalue weighted by Crippen LogP contribution is -2.19. The number of benzene rings is 4. The standard InChI is InChI=1S/C31H20F3N3O3/c32-31(33,34)40-23-11-9-20(10-12-23)18-3-1-17(2-4-18)19-5-7-21(8-6-19)28-24-13-22-15-35-37-25(22)14-26(24)36-27-16-39-30(38)29(27)28/h1-15,28,36H,16H2,(H,35,37). The fraction of sp³-hybridized carbons (Fsp3) is 0.0968. The molecule has 1 aromatic heterocycles. The zero-order chi connectivity index (χ0) is 27.4. The summed E-state index contributed by atoms with van der Waals surface area (Å²) in [5.74, 6) is -0.850. The van der Waals surface area contributed by atoms with Gasteiger partial charge in [0.2, 0.25) is 0 Å². The number of aromatic nitrogens is 2. The van der Waals surface area contributed by atoms with Gasteiger partial charge in [0.05, 0.1) is 23.0 Å². The summed E-state index contributed by atoms with van der Waals surface area (Å²) in [7, 11) is 0. The molecule has 6 nitrogen and oxygen atoms in total.